The van der Waals surface area contributed by atoms with E-state index in [4.69, 9.17) is 0 Å². The summed E-state index contributed by atoms with van der Waals surface area (Å²) in [5.41, 5.74) is 1.20. The Balaban J connectivity index is 1.77. The van der Waals surface area contributed by atoms with Crippen molar-refractivity contribution in [3.8, 4) is 0 Å². The van der Waals surface area contributed by atoms with E-state index in [2.05, 4.69) is 41.4 Å². The van der Waals surface area contributed by atoms with Crippen LogP contribution in [-0.2, 0) is 6.54 Å². The van der Waals surface area contributed by atoms with E-state index in [1.54, 1.807) is 11.3 Å². The molecule has 1 saturated heterocycles. The minimum Gasteiger partial charge on any atom is -0.308 e. The quantitative estimate of drug-likeness (QED) is 0.909. The van der Waals surface area contributed by atoms with Crippen molar-refractivity contribution >= 4 is 11.3 Å². The molecule has 1 aliphatic heterocycles. The van der Waals surface area contributed by atoms with Crippen LogP contribution in [0.25, 0.3) is 0 Å². The molecule has 0 radical (unpaired) electrons. The summed E-state index contributed by atoms with van der Waals surface area (Å²) in [6.45, 7) is 10.1. The Kier molecular flexibility index (Phi) is 5.15. The van der Waals surface area contributed by atoms with Gasteiger partial charge in [0.15, 0.2) is 0 Å². The van der Waals surface area contributed by atoms with Crippen LogP contribution in [0.5, 0.6) is 0 Å². The largest absolute Gasteiger partial charge is 0.308 e. The van der Waals surface area contributed by atoms with E-state index in [1.807, 2.05) is 0 Å². The van der Waals surface area contributed by atoms with Crippen LogP contribution >= 0.6 is 11.3 Å². The lowest BCUT2D eigenvalue weighted by molar-refractivity contribution is 0.229. The van der Waals surface area contributed by atoms with Crippen LogP contribution in [-0.4, -0.2) is 35.1 Å². The molecule has 0 aromatic carbocycles. The summed E-state index contributed by atoms with van der Waals surface area (Å²) in [5.74, 6) is 0. The highest BCUT2D eigenvalue weighted by Crippen LogP contribution is 2.14. The maximum atomic E-state index is 4.51. The van der Waals surface area contributed by atoms with Gasteiger partial charge in [-0.05, 0) is 53.1 Å². The molecule has 0 saturated carbocycles. The molecule has 18 heavy (non-hydrogen) atoms. The molecule has 2 rings (SSSR count). The van der Waals surface area contributed by atoms with Crippen LogP contribution in [0.3, 0.4) is 0 Å². The Morgan fingerprint density at radius 1 is 1.44 bits per heavy atom. The maximum Gasteiger partial charge on any atom is 0.0897 e. The molecule has 102 valence electrons. The van der Waals surface area contributed by atoms with Crippen molar-refractivity contribution in [1.29, 1.82) is 0 Å². The van der Waals surface area contributed by atoms with Crippen molar-refractivity contribution in [2.75, 3.05) is 13.1 Å². The van der Waals surface area contributed by atoms with Gasteiger partial charge in [0.2, 0.25) is 0 Å². The fourth-order valence-electron chi connectivity index (χ4n) is 2.58. The number of likely N-dealkylation sites (tertiary alicyclic amines) is 1. The second-order valence-corrected chi connectivity index (χ2v) is 6.56. The Morgan fingerprint density at radius 2 is 2.28 bits per heavy atom. The third-order valence-corrected chi connectivity index (χ3v) is 4.55. The highest BCUT2D eigenvalue weighted by Gasteiger charge is 2.18. The fraction of sp³-hybridized carbons (Fsp3) is 0.786. The molecule has 1 fully saturated rings. The average Bonchev–Trinajstić information content (AvgIpc) is 2.62. The zero-order valence-electron chi connectivity index (χ0n) is 11.8. The summed E-state index contributed by atoms with van der Waals surface area (Å²) < 4.78 is 0. The first-order valence-corrected chi connectivity index (χ1v) is 7.91. The van der Waals surface area contributed by atoms with Crippen LogP contribution in [0.1, 0.15) is 43.8 Å². The molecule has 3 nitrogen and oxygen atoms in total. The van der Waals surface area contributed by atoms with Crippen LogP contribution in [0, 0.1) is 6.92 Å². The van der Waals surface area contributed by atoms with Crippen molar-refractivity contribution in [2.45, 2.75) is 58.7 Å². The molecular weight excluding hydrogens is 242 g/mol. The minimum atomic E-state index is 0.663. The second kappa shape index (κ2) is 6.64. The first-order chi connectivity index (χ1) is 8.65. The molecule has 1 aromatic heterocycles. The number of nitrogens with zero attached hydrogens (tertiary/aromatic N) is 2. The number of aryl methyl sites for hydroxylation is 1. The normalized spacial score (nSPS) is 22.3. The van der Waals surface area contributed by atoms with Gasteiger partial charge < -0.3 is 10.2 Å². The van der Waals surface area contributed by atoms with Gasteiger partial charge in [0.05, 0.1) is 10.7 Å². The van der Waals surface area contributed by atoms with Gasteiger partial charge >= 0.3 is 0 Å². The van der Waals surface area contributed by atoms with E-state index >= 15 is 0 Å². The van der Waals surface area contributed by atoms with Crippen LogP contribution in [0.4, 0.5) is 0 Å². The zero-order valence-corrected chi connectivity index (χ0v) is 12.6. The molecule has 1 aromatic rings. The summed E-state index contributed by atoms with van der Waals surface area (Å²) >= 11 is 1.74. The fourth-order valence-corrected chi connectivity index (χ4v) is 3.19. The third kappa shape index (κ3) is 4.04. The van der Waals surface area contributed by atoms with E-state index < -0.39 is 0 Å². The highest BCUT2D eigenvalue weighted by molar-refractivity contribution is 7.09. The van der Waals surface area contributed by atoms with Gasteiger partial charge in [0.1, 0.15) is 0 Å². The molecule has 1 aliphatic rings. The molecule has 0 amide bonds. The number of rotatable bonds is 4. The lowest BCUT2D eigenvalue weighted by atomic mass is 10.1. The standard InChI is InChI=1S/C14H25N3S/c1-11(2)17-7-4-5-13(6-8-17)15-9-14-10-18-12(3)16-14/h10-11,13,15H,4-9H2,1-3H3. The molecular formula is C14H25N3S. The number of thiazole rings is 1. The molecule has 0 bridgehead atoms. The van der Waals surface area contributed by atoms with Crippen molar-refractivity contribution in [1.82, 2.24) is 15.2 Å². The molecule has 4 heteroatoms. The number of nitrogens with one attached hydrogen (secondary N) is 1. The van der Waals surface area contributed by atoms with Crippen molar-refractivity contribution in [3.05, 3.63) is 16.1 Å². The van der Waals surface area contributed by atoms with Gasteiger partial charge in [0.25, 0.3) is 0 Å². The van der Waals surface area contributed by atoms with Crippen LogP contribution in [0.2, 0.25) is 0 Å². The number of hydrogen-bond acceptors (Lipinski definition) is 4. The molecule has 0 aliphatic carbocycles. The Bertz CT molecular complexity index is 362. The van der Waals surface area contributed by atoms with Crippen molar-refractivity contribution < 1.29 is 0 Å². The molecule has 1 unspecified atom stereocenters. The Morgan fingerprint density at radius 3 is 2.94 bits per heavy atom. The first kappa shape index (κ1) is 14.0. The minimum absolute atomic E-state index is 0.663. The summed E-state index contributed by atoms with van der Waals surface area (Å²) in [7, 11) is 0. The molecule has 0 spiro atoms. The topological polar surface area (TPSA) is 28.2 Å². The first-order valence-electron chi connectivity index (χ1n) is 7.03. The number of aromatic nitrogens is 1. The number of hydrogen-bond donors (Lipinski definition) is 1. The lowest BCUT2D eigenvalue weighted by Gasteiger charge is -2.24. The van der Waals surface area contributed by atoms with Crippen LogP contribution in [0.15, 0.2) is 5.38 Å². The summed E-state index contributed by atoms with van der Waals surface area (Å²) in [6.07, 6.45) is 3.87. The van der Waals surface area contributed by atoms with Crippen molar-refractivity contribution in [3.63, 3.8) is 0 Å². The monoisotopic (exact) mass is 267 g/mol. The SMILES string of the molecule is Cc1nc(CNC2CCCN(C(C)C)CC2)cs1. The van der Waals surface area contributed by atoms with Crippen LogP contribution < -0.4 is 5.32 Å². The highest BCUT2D eigenvalue weighted by atomic mass is 32.1. The predicted octanol–water partition coefficient (Wildman–Crippen LogP) is 2.80. The van der Waals surface area contributed by atoms with E-state index in [1.165, 1.54) is 43.1 Å². The summed E-state index contributed by atoms with van der Waals surface area (Å²) in [5, 5.41) is 7.00. The van der Waals surface area contributed by atoms with Gasteiger partial charge in [-0.15, -0.1) is 11.3 Å². The molecule has 1 N–H and O–H groups in total. The maximum absolute atomic E-state index is 4.51. The van der Waals surface area contributed by atoms with Gasteiger partial charge in [-0.3, -0.25) is 0 Å². The average molecular weight is 267 g/mol. The zero-order chi connectivity index (χ0) is 13.0. The van der Waals surface area contributed by atoms with Gasteiger partial charge in [-0.1, -0.05) is 0 Å². The molecule has 2 heterocycles. The van der Waals surface area contributed by atoms with Gasteiger partial charge in [-0.25, -0.2) is 4.98 Å². The Labute approximate surface area is 115 Å². The van der Waals surface area contributed by atoms with Gasteiger partial charge in [-0.2, -0.15) is 0 Å². The van der Waals surface area contributed by atoms with Gasteiger partial charge in [0, 0.05) is 24.0 Å². The second-order valence-electron chi connectivity index (χ2n) is 5.50. The lowest BCUT2D eigenvalue weighted by Crippen LogP contribution is -2.33. The van der Waals surface area contributed by atoms with Crippen molar-refractivity contribution in [2.24, 2.45) is 0 Å². The van der Waals surface area contributed by atoms with E-state index in [0.717, 1.165) is 6.54 Å². The summed E-state index contributed by atoms with van der Waals surface area (Å²) in [4.78, 5) is 7.10. The van der Waals surface area contributed by atoms with E-state index in [0.29, 0.717) is 12.1 Å². The third-order valence-electron chi connectivity index (χ3n) is 3.73. The summed E-state index contributed by atoms with van der Waals surface area (Å²) in [6, 6.07) is 1.35. The molecule has 1 atom stereocenters. The predicted molar refractivity (Wildman–Crippen MR) is 78.0 cm³/mol. The van der Waals surface area contributed by atoms with E-state index in [-0.39, 0.29) is 0 Å². The Hall–Kier alpha value is -0.450. The van der Waals surface area contributed by atoms with E-state index in [9.17, 15) is 0 Å². The smallest absolute Gasteiger partial charge is 0.0897 e.